The molecule has 36 heavy (non-hydrogen) atoms. The Balaban J connectivity index is 1.69. The van der Waals surface area contributed by atoms with E-state index < -0.39 is 18.4 Å². The Morgan fingerprint density at radius 2 is 1.81 bits per heavy atom. The minimum atomic E-state index is -1.20. The summed E-state index contributed by atoms with van der Waals surface area (Å²) in [5.41, 5.74) is 3.07. The molecule has 5 rings (SSSR count). The van der Waals surface area contributed by atoms with Crippen molar-refractivity contribution in [3.05, 3.63) is 96.2 Å². The van der Waals surface area contributed by atoms with Gasteiger partial charge in [-0.2, -0.15) is 0 Å². The van der Waals surface area contributed by atoms with E-state index in [1.165, 1.54) is 6.20 Å². The van der Waals surface area contributed by atoms with Crippen LogP contribution in [0.2, 0.25) is 0 Å². The first-order valence-corrected chi connectivity index (χ1v) is 11.3. The van der Waals surface area contributed by atoms with Crippen molar-refractivity contribution in [2.24, 2.45) is 0 Å². The number of hydrogen-bond donors (Lipinski definition) is 3. The van der Waals surface area contributed by atoms with Crippen molar-refractivity contribution >= 4 is 22.8 Å². The highest BCUT2D eigenvalue weighted by Crippen LogP contribution is 2.40. The van der Waals surface area contributed by atoms with E-state index in [4.69, 9.17) is 14.6 Å². The van der Waals surface area contributed by atoms with Crippen molar-refractivity contribution in [1.29, 1.82) is 0 Å². The number of hydrogen-bond acceptors (Lipinski definition) is 6. The summed E-state index contributed by atoms with van der Waals surface area (Å²) in [6.45, 7) is -0.475. The van der Waals surface area contributed by atoms with Crippen LogP contribution in [0.3, 0.4) is 0 Å². The van der Waals surface area contributed by atoms with Gasteiger partial charge in [0.25, 0.3) is 5.91 Å². The molecule has 182 valence electrons. The first kappa shape index (κ1) is 23.0. The van der Waals surface area contributed by atoms with Crippen molar-refractivity contribution in [3.8, 4) is 17.0 Å². The van der Waals surface area contributed by atoms with E-state index in [0.29, 0.717) is 23.1 Å². The molecule has 0 bridgehead atoms. The Bertz CT molecular complexity index is 1450. The van der Waals surface area contributed by atoms with Crippen molar-refractivity contribution in [2.75, 3.05) is 13.3 Å². The van der Waals surface area contributed by atoms with Crippen LogP contribution in [0.15, 0.2) is 84.9 Å². The molecule has 3 heterocycles. The number of carbonyl (C=O) groups is 2. The van der Waals surface area contributed by atoms with Gasteiger partial charge in [-0.25, -0.2) is 4.98 Å². The predicted octanol–water partition coefficient (Wildman–Crippen LogP) is 3.85. The van der Waals surface area contributed by atoms with Crippen LogP contribution in [0.4, 0.5) is 0 Å². The number of aromatic nitrogens is 2. The zero-order chi connectivity index (χ0) is 25.1. The number of carbonyl (C=O) groups excluding carboxylic acids is 1. The van der Waals surface area contributed by atoms with E-state index in [2.05, 4.69) is 10.3 Å². The molecule has 9 heteroatoms. The van der Waals surface area contributed by atoms with Gasteiger partial charge in [0.15, 0.2) is 17.2 Å². The molecule has 4 aromatic rings. The average molecular weight is 485 g/mol. The van der Waals surface area contributed by atoms with Gasteiger partial charge in [0.2, 0.25) is 6.79 Å². The van der Waals surface area contributed by atoms with Gasteiger partial charge in [-0.15, -0.1) is 0 Å². The van der Waals surface area contributed by atoms with Crippen molar-refractivity contribution in [1.82, 2.24) is 14.9 Å². The molecular formula is C27H23N3O6. The van der Waals surface area contributed by atoms with Gasteiger partial charge in [0, 0.05) is 17.5 Å². The summed E-state index contributed by atoms with van der Waals surface area (Å²) in [6, 6.07) is 21.1. The second-order valence-corrected chi connectivity index (χ2v) is 8.25. The van der Waals surface area contributed by atoms with Gasteiger partial charge in [0.1, 0.15) is 12.8 Å². The number of allylic oxidation sites excluding steroid dienone is 1. The highest BCUT2D eigenvalue weighted by Gasteiger charge is 2.29. The molecule has 9 nitrogen and oxygen atoms in total. The lowest BCUT2D eigenvalue weighted by Crippen LogP contribution is -2.29. The smallest absolute Gasteiger partial charge is 0.322 e. The van der Waals surface area contributed by atoms with Crippen molar-refractivity contribution in [3.63, 3.8) is 0 Å². The van der Waals surface area contributed by atoms with Gasteiger partial charge < -0.3 is 29.6 Å². The quantitative estimate of drug-likeness (QED) is 0.346. The molecule has 3 N–H and O–H groups in total. The Hall–Kier alpha value is -4.79. The maximum Gasteiger partial charge on any atom is 0.322 e. The molecule has 1 amide bonds. The lowest BCUT2D eigenvalue weighted by atomic mass is 10.0. The zero-order valence-corrected chi connectivity index (χ0v) is 19.1. The zero-order valence-electron chi connectivity index (χ0n) is 19.1. The van der Waals surface area contributed by atoms with Crippen LogP contribution < -0.4 is 5.32 Å². The number of ether oxygens (including phenoxy) is 2. The van der Waals surface area contributed by atoms with Crippen molar-refractivity contribution < 1.29 is 29.3 Å². The van der Waals surface area contributed by atoms with Crippen LogP contribution in [0.25, 0.3) is 22.2 Å². The van der Waals surface area contributed by atoms with Gasteiger partial charge >= 0.3 is 5.97 Å². The van der Waals surface area contributed by atoms with Crippen LogP contribution in [0, 0.1) is 0 Å². The number of rotatable bonds is 8. The number of pyridine rings is 1. The minimum Gasteiger partial charge on any atom is -0.505 e. The highest BCUT2D eigenvalue weighted by molar-refractivity contribution is 6.03. The molecule has 1 aliphatic heterocycles. The van der Waals surface area contributed by atoms with Crippen molar-refractivity contribution in [2.45, 2.75) is 12.5 Å². The summed E-state index contributed by atoms with van der Waals surface area (Å²) in [6.07, 6.45) is 3.67. The summed E-state index contributed by atoms with van der Waals surface area (Å²) in [7, 11) is 0. The Morgan fingerprint density at radius 3 is 2.47 bits per heavy atom. The molecule has 0 spiro atoms. The Morgan fingerprint density at radius 1 is 1.08 bits per heavy atom. The van der Waals surface area contributed by atoms with E-state index in [-0.39, 0.29) is 24.3 Å². The lowest BCUT2D eigenvalue weighted by Gasteiger charge is -2.23. The average Bonchev–Trinajstić information content (AvgIpc) is 3.56. The van der Waals surface area contributed by atoms with Crippen LogP contribution in [0.1, 0.15) is 22.1 Å². The Kier molecular flexibility index (Phi) is 6.27. The number of benzene rings is 2. The number of carboxylic acid groups (broad SMARTS) is 1. The van der Waals surface area contributed by atoms with Crippen LogP contribution in [-0.2, 0) is 20.7 Å². The van der Waals surface area contributed by atoms with E-state index in [1.54, 1.807) is 12.3 Å². The molecular weight excluding hydrogens is 462 g/mol. The number of aromatic hydroxyl groups is 1. The third-order valence-electron chi connectivity index (χ3n) is 5.96. The largest absolute Gasteiger partial charge is 0.505 e. The molecule has 2 aromatic heterocycles. The first-order valence-electron chi connectivity index (χ1n) is 11.3. The summed E-state index contributed by atoms with van der Waals surface area (Å²) in [5, 5.41) is 22.6. The summed E-state index contributed by atoms with van der Waals surface area (Å²) >= 11 is 0. The number of fused-ring (bicyclic) bond motifs is 1. The summed E-state index contributed by atoms with van der Waals surface area (Å²) in [4.78, 5) is 27.6. The molecule has 1 aliphatic rings. The summed E-state index contributed by atoms with van der Waals surface area (Å²) < 4.78 is 13.2. The van der Waals surface area contributed by atoms with Gasteiger partial charge in [-0.3, -0.25) is 9.59 Å². The number of nitrogens with zero attached hydrogens (tertiary/aromatic N) is 2. The minimum absolute atomic E-state index is 0.109. The molecule has 0 fully saturated rings. The third-order valence-corrected chi connectivity index (χ3v) is 5.96. The molecule has 0 saturated heterocycles. The molecule has 0 saturated carbocycles. The normalized spacial score (nSPS) is 13.5. The fraction of sp³-hybridized carbons (Fsp3) is 0.148. The van der Waals surface area contributed by atoms with E-state index in [9.17, 15) is 14.7 Å². The predicted molar refractivity (Wildman–Crippen MR) is 131 cm³/mol. The Labute approximate surface area is 206 Å². The first-order chi connectivity index (χ1) is 17.5. The van der Waals surface area contributed by atoms with E-state index >= 15 is 0 Å². The SMILES string of the molecule is O=C(O)CNC(=O)c1ncc2c(cc(-c3ccccc3)n2C(Cc2ccccc2)C2=COCO2)c1O. The second-order valence-electron chi connectivity index (χ2n) is 8.25. The molecule has 1 atom stereocenters. The number of amides is 1. The lowest BCUT2D eigenvalue weighted by molar-refractivity contribution is -0.135. The fourth-order valence-electron chi connectivity index (χ4n) is 4.33. The van der Waals surface area contributed by atoms with E-state index in [1.807, 2.05) is 65.2 Å². The summed E-state index contributed by atoms with van der Waals surface area (Å²) in [5.74, 6) is -1.68. The topological polar surface area (TPSA) is 123 Å². The standard InChI is InChI=1S/C27H23N3O6/c31-24(32)14-29-27(34)25-26(33)19-12-20(18-9-5-2-6-10-18)30(22(19)13-28-25)21(23-15-35-16-36-23)11-17-7-3-1-4-8-17/h1-10,12-13,15,21,33H,11,14,16H2,(H,29,34)(H,31,32). The highest BCUT2D eigenvalue weighted by atomic mass is 16.7. The van der Waals surface area contributed by atoms with Gasteiger partial charge in [0.05, 0.1) is 17.8 Å². The van der Waals surface area contributed by atoms with Crippen LogP contribution in [-0.4, -0.2) is 45.0 Å². The second kappa shape index (κ2) is 9.83. The van der Waals surface area contributed by atoms with Gasteiger partial charge in [-0.1, -0.05) is 60.7 Å². The monoisotopic (exact) mass is 485 g/mol. The molecule has 1 unspecified atom stereocenters. The third kappa shape index (κ3) is 4.46. The molecule has 0 aliphatic carbocycles. The molecule has 2 aromatic carbocycles. The number of carboxylic acids is 1. The number of aliphatic carboxylic acids is 1. The van der Waals surface area contributed by atoms with E-state index in [0.717, 1.165) is 16.8 Å². The number of nitrogens with one attached hydrogen (secondary N) is 1. The van der Waals surface area contributed by atoms with Gasteiger partial charge in [-0.05, 0) is 17.2 Å². The fourth-order valence-corrected chi connectivity index (χ4v) is 4.33. The maximum atomic E-state index is 12.5. The maximum absolute atomic E-state index is 12.5. The van der Waals surface area contributed by atoms with Crippen LogP contribution >= 0.6 is 0 Å². The van der Waals surface area contributed by atoms with Crippen LogP contribution in [0.5, 0.6) is 5.75 Å². The molecule has 0 radical (unpaired) electrons.